The molecule has 1 heterocycles. The fourth-order valence-electron chi connectivity index (χ4n) is 2.99. The Bertz CT molecular complexity index is 793. The number of carboxylic acids is 2. The molecule has 1 fully saturated rings. The van der Waals surface area contributed by atoms with Crippen molar-refractivity contribution in [3.05, 3.63) is 64.7 Å². The van der Waals surface area contributed by atoms with Crippen LogP contribution in [-0.4, -0.2) is 65.2 Å². The van der Waals surface area contributed by atoms with E-state index in [1.807, 2.05) is 24.3 Å². The van der Waals surface area contributed by atoms with Crippen molar-refractivity contribution in [2.45, 2.75) is 13.1 Å². The van der Waals surface area contributed by atoms with Crippen LogP contribution >= 0.6 is 11.6 Å². The third-order valence-electron chi connectivity index (χ3n) is 4.51. The first-order chi connectivity index (χ1) is 13.9. The highest BCUT2D eigenvalue weighted by Gasteiger charge is 2.17. The molecule has 8 heteroatoms. The van der Waals surface area contributed by atoms with Gasteiger partial charge in [-0.25, -0.2) is 9.59 Å². The van der Waals surface area contributed by atoms with Crippen molar-refractivity contribution < 1.29 is 24.5 Å². The Hall–Kier alpha value is -2.61. The summed E-state index contributed by atoms with van der Waals surface area (Å²) in [7, 11) is 1.70. The molecule has 0 radical (unpaired) electrons. The quantitative estimate of drug-likeness (QED) is 0.719. The highest BCUT2D eigenvalue weighted by molar-refractivity contribution is 6.30. The number of ether oxygens (including phenoxy) is 1. The molecular weight excluding hydrogens is 396 g/mol. The summed E-state index contributed by atoms with van der Waals surface area (Å²) < 4.78 is 5.21. The number of benzene rings is 2. The van der Waals surface area contributed by atoms with Crippen LogP contribution < -0.4 is 4.74 Å². The maximum atomic E-state index is 9.10. The molecule has 0 spiro atoms. The number of carboxylic acid groups (broad SMARTS) is 2. The number of carbonyl (C=O) groups is 2. The summed E-state index contributed by atoms with van der Waals surface area (Å²) in [6.07, 6.45) is 0. The lowest BCUT2D eigenvalue weighted by molar-refractivity contribution is -0.159. The van der Waals surface area contributed by atoms with Crippen molar-refractivity contribution in [1.82, 2.24) is 9.80 Å². The first-order valence-electron chi connectivity index (χ1n) is 9.15. The highest BCUT2D eigenvalue weighted by atomic mass is 35.5. The van der Waals surface area contributed by atoms with E-state index in [0.717, 1.165) is 50.0 Å². The van der Waals surface area contributed by atoms with E-state index in [4.69, 9.17) is 36.1 Å². The lowest BCUT2D eigenvalue weighted by Crippen LogP contribution is -2.45. The van der Waals surface area contributed by atoms with Crippen LogP contribution in [0.3, 0.4) is 0 Å². The Kier molecular flexibility index (Phi) is 8.92. The van der Waals surface area contributed by atoms with Gasteiger partial charge in [0.25, 0.3) is 0 Å². The second kappa shape index (κ2) is 11.4. The molecule has 0 saturated carbocycles. The Labute approximate surface area is 175 Å². The predicted molar refractivity (Wildman–Crippen MR) is 110 cm³/mol. The van der Waals surface area contributed by atoms with Gasteiger partial charge in [0.1, 0.15) is 5.75 Å². The number of hydrogen-bond donors (Lipinski definition) is 2. The lowest BCUT2D eigenvalue weighted by atomic mass is 10.1. The highest BCUT2D eigenvalue weighted by Crippen LogP contribution is 2.16. The minimum absolute atomic E-state index is 0.820. The van der Waals surface area contributed by atoms with Crippen LogP contribution in [0.5, 0.6) is 5.75 Å². The maximum absolute atomic E-state index is 9.10. The largest absolute Gasteiger partial charge is 0.497 e. The first kappa shape index (κ1) is 22.7. The van der Waals surface area contributed by atoms with E-state index in [-0.39, 0.29) is 0 Å². The summed E-state index contributed by atoms with van der Waals surface area (Å²) in [4.78, 5) is 23.2. The molecule has 2 aromatic carbocycles. The molecule has 1 aliphatic rings. The molecule has 2 aromatic rings. The minimum atomic E-state index is -1.82. The third-order valence-corrected chi connectivity index (χ3v) is 4.74. The van der Waals surface area contributed by atoms with Gasteiger partial charge < -0.3 is 14.9 Å². The Balaban J connectivity index is 0.000000438. The summed E-state index contributed by atoms with van der Waals surface area (Å²) in [5.41, 5.74) is 2.63. The second-order valence-electron chi connectivity index (χ2n) is 6.64. The van der Waals surface area contributed by atoms with Crippen LogP contribution in [0.2, 0.25) is 5.02 Å². The average Bonchev–Trinajstić information content (AvgIpc) is 2.70. The van der Waals surface area contributed by atoms with Gasteiger partial charge in [-0.05, 0) is 35.4 Å². The summed E-state index contributed by atoms with van der Waals surface area (Å²) >= 11 is 6.06. The maximum Gasteiger partial charge on any atom is 0.414 e. The monoisotopic (exact) mass is 420 g/mol. The first-order valence-corrected chi connectivity index (χ1v) is 9.53. The van der Waals surface area contributed by atoms with E-state index in [9.17, 15) is 0 Å². The summed E-state index contributed by atoms with van der Waals surface area (Å²) in [6.45, 7) is 6.40. The summed E-state index contributed by atoms with van der Waals surface area (Å²) in [5.74, 6) is -2.73. The van der Waals surface area contributed by atoms with Gasteiger partial charge in [-0.3, -0.25) is 9.80 Å². The number of piperazine rings is 1. The molecule has 1 saturated heterocycles. The van der Waals surface area contributed by atoms with Gasteiger partial charge >= 0.3 is 11.9 Å². The van der Waals surface area contributed by atoms with Gasteiger partial charge in [0, 0.05) is 44.3 Å². The van der Waals surface area contributed by atoms with Gasteiger partial charge in [-0.1, -0.05) is 35.9 Å². The number of hydrogen-bond acceptors (Lipinski definition) is 5. The van der Waals surface area contributed by atoms with E-state index < -0.39 is 11.9 Å². The summed E-state index contributed by atoms with van der Waals surface area (Å²) in [6, 6.07) is 16.5. The van der Waals surface area contributed by atoms with Crippen LogP contribution in [0.15, 0.2) is 48.5 Å². The number of aliphatic carboxylic acids is 2. The Morgan fingerprint density at radius 3 is 1.86 bits per heavy atom. The fraction of sp³-hybridized carbons (Fsp3) is 0.333. The molecule has 1 aliphatic heterocycles. The zero-order chi connectivity index (χ0) is 21.2. The molecule has 0 aliphatic carbocycles. The predicted octanol–water partition coefficient (Wildman–Crippen LogP) is 2.82. The molecule has 0 bridgehead atoms. The number of nitrogens with zero attached hydrogens (tertiary/aromatic N) is 2. The second-order valence-corrected chi connectivity index (χ2v) is 7.08. The molecule has 0 amide bonds. The van der Waals surface area contributed by atoms with Crippen LogP contribution in [0.1, 0.15) is 11.1 Å². The number of methoxy groups -OCH3 is 1. The Morgan fingerprint density at radius 1 is 0.897 bits per heavy atom. The molecule has 3 rings (SSSR count). The van der Waals surface area contributed by atoms with E-state index in [0.29, 0.717) is 0 Å². The molecule has 0 aromatic heterocycles. The molecule has 0 atom stereocenters. The van der Waals surface area contributed by atoms with Gasteiger partial charge in [0.05, 0.1) is 7.11 Å². The molecule has 156 valence electrons. The zero-order valence-corrected chi connectivity index (χ0v) is 17.0. The van der Waals surface area contributed by atoms with Crippen molar-refractivity contribution in [2.24, 2.45) is 0 Å². The molecule has 29 heavy (non-hydrogen) atoms. The fourth-order valence-corrected chi connectivity index (χ4v) is 3.20. The van der Waals surface area contributed by atoms with Gasteiger partial charge in [-0.2, -0.15) is 0 Å². The molecule has 2 N–H and O–H groups in total. The van der Waals surface area contributed by atoms with E-state index in [1.54, 1.807) is 7.11 Å². The SMILES string of the molecule is COc1ccc(CN2CCN(Cc3cccc(Cl)c3)CC2)cc1.O=C(O)C(=O)O. The van der Waals surface area contributed by atoms with Gasteiger partial charge in [0.2, 0.25) is 0 Å². The number of halogens is 1. The van der Waals surface area contributed by atoms with Gasteiger partial charge in [0.15, 0.2) is 0 Å². The van der Waals surface area contributed by atoms with E-state index in [2.05, 4.69) is 34.1 Å². The van der Waals surface area contributed by atoms with Crippen molar-refractivity contribution in [2.75, 3.05) is 33.3 Å². The lowest BCUT2D eigenvalue weighted by Gasteiger charge is -2.34. The van der Waals surface area contributed by atoms with Crippen LogP contribution in [0.4, 0.5) is 0 Å². The topological polar surface area (TPSA) is 90.3 Å². The van der Waals surface area contributed by atoms with Crippen LogP contribution in [0.25, 0.3) is 0 Å². The van der Waals surface area contributed by atoms with Gasteiger partial charge in [-0.15, -0.1) is 0 Å². The number of rotatable bonds is 5. The standard InChI is InChI=1S/C19H23ClN2O.C2H2O4/c1-23-19-7-5-16(6-8-19)14-21-9-11-22(12-10-21)15-17-3-2-4-18(20)13-17;3-1(4)2(5)6/h2-8,13H,9-12,14-15H2,1H3;(H,3,4)(H,5,6). The van der Waals surface area contributed by atoms with Crippen molar-refractivity contribution in [1.29, 1.82) is 0 Å². The Morgan fingerprint density at radius 2 is 1.41 bits per heavy atom. The van der Waals surface area contributed by atoms with Crippen molar-refractivity contribution >= 4 is 23.5 Å². The van der Waals surface area contributed by atoms with Crippen molar-refractivity contribution in [3.63, 3.8) is 0 Å². The van der Waals surface area contributed by atoms with Crippen LogP contribution in [-0.2, 0) is 22.7 Å². The minimum Gasteiger partial charge on any atom is -0.497 e. The smallest absolute Gasteiger partial charge is 0.414 e. The van der Waals surface area contributed by atoms with E-state index in [1.165, 1.54) is 11.1 Å². The van der Waals surface area contributed by atoms with E-state index >= 15 is 0 Å². The zero-order valence-electron chi connectivity index (χ0n) is 16.3. The molecular formula is C21H25ClN2O5. The van der Waals surface area contributed by atoms with Crippen molar-refractivity contribution in [3.8, 4) is 5.75 Å². The summed E-state index contributed by atoms with van der Waals surface area (Å²) in [5, 5.41) is 15.6. The molecule has 7 nitrogen and oxygen atoms in total. The third kappa shape index (κ3) is 8.11. The average molecular weight is 421 g/mol. The normalized spacial score (nSPS) is 14.6. The molecule has 0 unspecified atom stereocenters. The van der Waals surface area contributed by atoms with Crippen LogP contribution in [0, 0.1) is 0 Å².